The van der Waals surface area contributed by atoms with E-state index in [-0.39, 0.29) is 29.4 Å². The lowest BCUT2D eigenvalue weighted by Crippen LogP contribution is -2.30. The topological polar surface area (TPSA) is 67.2 Å². The Hall–Kier alpha value is -4.19. The molecular formula is C32H30FN3O2. The van der Waals surface area contributed by atoms with Gasteiger partial charge in [-0.2, -0.15) is 5.10 Å². The number of fused-ring (bicyclic) bond motifs is 1. The number of carbonyl (C=O) groups excluding carboxylic acids is 1. The van der Waals surface area contributed by atoms with Crippen LogP contribution in [0.2, 0.25) is 0 Å². The van der Waals surface area contributed by atoms with Crippen LogP contribution in [-0.4, -0.2) is 20.8 Å². The molecule has 4 aromatic rings. The van der Waals surface area contributed by atoms with E-state index in [1.807, 2.05) is 29.1 Å². The number of benzene rings is 3. The van der Waals surface area contributed by atoms with Gasteiger partial charge in [0, 0.05) is 23.5 Å². The lowest BCUT2D eigenvalue weighted by atomic mass is 9.77. The van der Waals surface area contributed by atoms with Crippen molar-refractivity contribution in [2.45, 2.75) is 44.6 Å². The molecule has 3 aromatic carbocycles. The third-order valence-corrected chi connectivity index (χ3v) is 8.06. The Balaban J connectivity index is 1.27. The molecule has 6 heteroatoms. The van der Waals surface area contributed by atoms with Gasteiger partial charge in [-0.05, 0) is 73.2 Å². The van der Waals surface area contributed by atoms with Crippen LogP contribution in [0.1, 0.15) is 65.3 Å². The first-order valence-electron chi connectivity index (χ1n) is 13.2. The summed E-state index contributed by atoms with van der Waals surface area (Å²) >= 11 is 0. The number of amides is 1. The number of allylic oxidation sites excluding steroid dienone is 2. The highest BCUT2D eigenvalue weighted by Crippen LogP contribution is 2.49. The Kier molecular flexibility index (Phi) is 6.32. The minimum atomic E-state index is -0.254. The van der Waals surface area contributed by atoms with Crippen LogP contribution >= 0.6 is 0 Å². The molecule has 2 aliphatic carbocycles. The van der Waals surface area contributed by atoms with Crippen LogP contribution in [0.4, 0.5) is 4.39 Å². The van der Waals surface area contributed by atoms with Gasteiger partial charge in [0.1, 0.15) is 11.6 Å². The normalized spacial score (nSPS) is 19.1. The smallest absolute Gasteiger partial charge is 0.251 e. The summed E-state index contributed by atoms with van der Waals surface area (Å²) in [6.07, 6.45) is 5.68. The zero-order valence-corrected chi connectivity index (χ0v) is 21.3. The fraction of sp³-hybridized carbons (Fsp3) is 0.250. The quantitative estimate of drug-likeness (QED) is 0.287. The van der Waals surface area contributed by atoms with Crippen LogP contribution in [0.25, 0.3) is 5.69 Å². The number of rotatable bonds is 6. The monoisotopic (exact) mass is 507 g/mol. The second-order valence-corrected chi connectivity index (χ2v) is 10.4. The van der Waals surface area contributed by atoms with E-state index in [0.717, 1.165) is 36.9 Å². The van der Waals surface area contributed by atoms with Crippen LogP contribution in [0.5, 0.6) is 5.75 Å². The maximum Gasteiger partial charge on any atom is 0.251 e. The highest BCUT2D eigenvalue weighted by Gasteiger charge is 2.37. The molecule has 6 rings (SSSR count). The van der Waals surface area contributed by atoms with Gasteiger partial charge in [0.15, 0.2) is 0 Å². The summed E-state index contributed by atoms with van der Waals surface area (Å²) in [5.74, 6) is 0.204. The molecular weight excluding hydrogens is 477 g/mol. The number of nitrogens with one attached hydrogen (secondary N) is 1. The molecule has 2 aliphatic rings. The number of aromatic nitrogens is 2. The van der Waals surface area contributed by atoms with Crippen molar-refractivity contribution in [1.82, 2.24) is 15.1 Å². The Morgan fingerprint density at radius 3 is 2.66 bits per heavy atom. The van der Waals surface area contributed by atoms with E-state index in [2.05, 4.69) is 29.5 Å². The molecule has 0 saturated heterocycles. The molecule has 0 fully saturated rings. The number of hydrogen-bond donors (Lipinski definition) is 2. The molecule has 0 spiro atoms. The number of phenolic OH excluding ortho intramolecular Hbond substituents is 1. The average molecular weight is 508 g/mol. The maximum absolute atomic E-state index is 13.5. The highest BCUT2D eigenvalue weighted by molar-refractivity contribution is 5.94. The van der Waals surface area contributed by atoms with Gasteiger partial charge in [0.2, 0.25) is 0 Å². The average Bonchev–Trinajstić information content (AvgIpc) is 3.54. The zero-order chi connectivity index (χ0) is 26.2. The molecule has 1 heterocycles. The van der Waals surface area contributed by atoms with Gasteiger partial charge < -0.3 is 10.4 Å². The van der Waals surface area contributed by atoms with Gasteiger partial charge in [-0.15, -0.1) is 0 Å². The number of halogens is 1. The fourth-order valence-corrected chi connectivity index (χ4v) is 6.27. The van der Waals surface area contributed by atoms with E-state index < -0.39 is 0 Å². The molecule has 2 N–H and O–H groups in total. The summed E-state index contributed by atoms with van der Waals surface area (Å²) in [6.45, 7) is 2.26. The Labute approximate surface area is 221 Å². The van der Waals surface area contributed by atoms with Crippen molar-refractivity contribution >= 4 is 5.91 Å². The number of carbonyl (C=O) groups is 1. The van der Waals surface area contributed by atoms with Crippen molar-refractivity contribution in [3.63, 3.8) is 0 Å². The first-order valence-corrected chi connectivity index (χ1v) is 13.2. The Bertz CT molecular complexity index is 1510. The number of aromatic hydroxyl groups is 1. The molecule has 192 valence electrons. The number of nitrogens with zero attached hydrogens (tertiary/aromatic N) is 2. The van der Waals surface area contributed by atoms with Gasteiger partial charge in [-0.3, -0.25) is 4.79 Å². The number of hydrogen-bond acceptors (Lipinski definition) is 3. The molecule has 3 atom stereocenters. The predicted molar refractivity (Wildman–Crippen MR) is 145 cm³/mol. The maximum atomic E-state index is 13.5. The third kappa shape index (κ3) is 4.51. The molecule has 0 saturated carbocycles. The van der Waals surface area contributed by atoms with Crippen molar-refractivity contribution in [1.29, 1.82) is 0 Å². The van der Waals surface area contributed by atoms with Gasteiger partial charge in [0.05, 0.1) is 23.6 Å². The van der Waals surface area contributed by atoms with Crippen molar-refractivity contribution in [2.24, 2.45) is 5.92 Å². The minimum Gasteiger partial charge on any atom is -0.508 e. The summed E-state index contributed by atoms with van der Waals surface area (Å²) in [5, 5.41) is 17.8. The number of phenols is 1. The lowest BCUT2D eigenvalue weighted by Gasteiger charge is -2.30. The van der Waals surface area contributed by atoms with Gasteiger partial charge in [-0.25, -0.2) is 9.07 Å². The third-order valence-electron chi connectivity index (χ3n) is 8.06. The van der Waals surface area contributed by atoms with E-state index >= 15 is 0 Å². The summed E-state index contributed by atoms with van der Waals surface area (Å²) in [4.78, 5) is 13.2. The zero-order valence-electron chi connectivity index (χ0n) is 21.3. The summed E-state index contributed by atoms with van der Waals surface area (Å²) in [5.41, 5.74) is 7.73. The summed E-state index contributed by atoms with van der Waals surface area (Å²) in [7, 11) is 0. The fourth-order valence-electron chi connectivity index (χ4n) is 6.27. The van der Waals surface area contributed by atoms with Gasteiger partial charge >= 0.3 is 0 Å². The summed E-state index contributed by atoms with van der Waals surface area (Å²) < 4.78 is 15.4. The second-order valence-electron chi connectivity index (χ2n) is 10.4. The van der Waals surface area contributed by atoms with E-state index in [0.29, 0.717) is 11.5 Å². The Morgan fingerprint density at radius 1 is 1.11 bits per heavy atom. The van der Waals surface area contributed by atoms with Crippen molar-refractivity contribution in [3.8, 4) is 11.4 Å². The van der Waals surface area contributed by atoms with Crippen LogP contribution in [0.15, 0.2) is 96.2 Å². The van der Waals surface area contributed by atoms with Crippen molar-refractivity contribution in [3.05, 3.63) is 124 Å². The van der Waals surface area contributed by atoms with Gasteiger partial charge in [0.25, 0.3) is 5.91 Å². The second kappa shape index (κ2) is 9.93. The molecule has 0 bridgehead atoms. The molecule has 1 unspecified atom stereocenters. The summed E-state index contributed by atoms with van der Waals surface area (Å²) in [6, 6.07) is 22.9. The first-order chi connectivity index (χ1) is 18.5. The van der Waals surface area contributed by atoms with E-state index in [1.54, 1.807) is 30.3 Å². The first kappa shape index (κ1) is 24.2. The van der Waals surface area contributed by atoms with Crippen molar-refractivity contribution < 1.29 is 14.3 Å². The molecule has 0 radical (unpaired) electrons. The van der Waals surface area contributed by atoms with E-state index in [4.69, 9.17) is 0 Å². The van der Waals surface area contributed by atoms with Gasteiger partial charge in [-0.1, -0.05) is 54.5 Å². The predicted octanol–water partition coefficient (Wildman–Crippen LogP) is 6.64. The van der Waals surface area contributed by atoms with Crippen molar-refractivity contribution in [2.75, 3.05) is 0 Å². The van der Waals surface area contributed by atoms with Crippen LogP contribution in [-0.2, 0) is 6.42 Å². The molecule has 5 nitrogen and oxygen atoms in total. The molecule has 1 aromatic heterocycles. The largest absolute Gasteiger partial charge is 0.508 e. The minimum absolute atomic E-state index is 0.0764. The molecule has 0 aliphatic heterocycles. The lowest BCUT2D eigenvalue weighted by molar-refractivity contribution is 0.0931. The van der Waals surface area contributed by atoms with E-state index in [9.17, 15) is 14.3 Å². The molecule has 38 heavy (non-hydrogen) atoms. The van der Waals surface area contributed by atoms with Crippen LogP contribution in [0.3, 0.4) is 0 Å². The highest BCUT2D eigenvalue weighted by atomic mass is 19.1. The Morgan fingerprint density at radius 2 is 1.89 bits per heavy atom. The van der Waals surface area contributed by atoms with Crippen LogP contribution < -0.4 is 5.32 Å². The SMILES string of the molecule is C[C@@H]1C2=C(CC[C@@H]2CC(NC(=O)c2cccc(O)c2)c2ccccc2)Cc2c1cnn2-c1ccc(F)cc1. The van der Waals surface area contributed by atoms with Crippen LogP contribution in [0, 0.1) is 11.7 Å². The standard InChI is InChI=1S/C32H30FN3O2/c1-20-28-19-34-36(26-14-12-25(33)13-15-26)30(28)18-23-11-10-22(31(20)23)17-29(21-6-3-2-4-7-21)35-32(38)24-8-5-9-27(37)16-24/h2-9,12-16,19-20,22,29,37H,10-11,17-18H2,1H3,(H,35,38)/t20-,22+,29?/m0/s1. The van der Waals surface area contributed by atoms with E-state index in [1.165, 1.54) is 40.6 Å². The molecule has 1 amide bonds.